The van der Waals surface area contributed by atoms with Crippen molar-refractivity contribution in [1.29, 1.82) is 0 Å². The number of rotatable bonds is 2. The molecule has 1 N–H and O–H groups in total. The Morgan fingerprint density at radius 2 is 1.84 bits per heavy atom. The molecule has 19 heavy (non-hydrogen) atoms. The summed E-state index contributed by atoms with van der Waals surface area (Å²) < 4.78 is 0. The molecule has 2 fully saturated rings. The number of carboxylic acids is 1. The Hall–Kier alpha value is -1.26. The van der Waals surface area contributed by atoms with E-state index in [1.807, 2.05) is 18.9 Å². The van der Waals surface area contributed by atoms with E-state index in [2.05, 4.69) is 0 Å². The van der Waals surface area contributed by atoms with E-state index in [0.717, 1.165) is 12.8 Å². The number of carbonyl (C=O) groups excluding carboxylic acids is 1. The number of hydrogen-bond acceptors (Lipinski definition) is 2. The molecule has 2 amide bonds. The molecular formula is C14H24N2O3. The molecule has 0 aromatic heterocycles. The smallest absolute Gasteiger partial charge is 0.320 e. The molecule has 0 aromatic carbocycles. The standard InChI is InChI=1S/C14H24N2O3/c1-10-7-11(13(17)18)9-16(8-10)14(19)15(2)12-5-3-4-6-12/h10-12H,3-9H2,1-2H3,(H,17,18). The first-order valence-corrected chi connectivity index (χ1v) is 7.23. The quantitative estimate of drug-likeness (QED) is 0.833. The van der Waals surface area contributed by atoms with E-state index in [0.29, 0.717) is 25.6 Å². The van der Waals surface area contributed by atoms with Crippen LogP contribution in [0.1, 0.15) is 39.0 Å². The summed E-state index contributed by atoms with van der Waals surface area (Å²) in [6, 6.07) is 0.345. The number of aliphatic carboxylic acids is 1. The fourth-order valence-corrected chi connectivity index (χ4v) is 3.36. The fraction of sp³-hybridized carbons (Fsp3) is 0.857. The molecule has 2 atom stereocenters. The molecule has 5 heteroatoms. The van der Waals surface area contributed by atoms with Crippen LogP contribution < -0.4 is 0 Å². The molecule has 0 aromatic rings. The predicted octanol–water partition coefficient (Wildman–Crippen LogP) is 2.02. The topological polar surface area (TPSA) is 60.9 Å². The van der Waals surface area contributed by atoms with Crippen LogP contribution in [-0.2, 0) is 4.79 Å². The van der Waals surface area contributed by atoms with Gasteiger partial charge in [0.15, 0.2) is 0 Å². The molecule has 1 aliphatic carbocycles. The average Bonchev–Trinajstić information content (AvgIpc) is 2.90. The minimum absolute atomic E-state index is 0.00435. The van der Waals surface area contributed by atoms with Gasteiger partial charge in [0.1, 0.15) is 0 Å². The van der Waals surface area contributed by atoms with Crippen molar-refractivity contribution < 1.29 is 14.7 Å². The van der Waals surface area contributed by atoms with Gasteiger partial charge in [0.05, 0.1) is 5.92 Å². The minimum atomic E-state index is -0.784. The number of hydrogen-bond donors (Lipinski definition) is 1. The van der Waals surface area contributed by atoms with E-state index >= 15 is 0 Å². The summed E-state index contributed by atoms with van der Waals surface area (Å²) in [5.41, 5.74) is 0. The highest BCUT2D eigenvalue weighted by molar-refractivity contribution is 5.76. The fourth-order valence-electron chi connectivity index (χ4n) is 3.36. The Morgan fingerprint density at radius 3 is 2.42 bits per heavy atom. The first-order chi connectivity index (χ1) is 8.99. The van der Waals surface area contributed by atoms with E-state index < -0.39 is 11.9 Å². The molecule has 2 rings (SSSR count). The molecule has 1 saturated carbocycles. The van der Waals surface area contributed by atoms with Crippen molar-refractivity contribution in [2.75, 3.05) is 20.1 Å². The molecule has 2 unspecified atom stereocenters. The van der Waals surface area contributed by atoms with Gasteiger partial charge < -0.3 is 14.9 Å². The van der Waals surface area contributed by atoms with Crippen molar-refractivity contribution in [3.05, 3.63) is 0 Å². The summed E-state index contributed by atoms with van der Waals surface area (Å²) in [6.45, 7) is 3.06. The molecule has 5 nitrogen and oxygen atoms in total. The van der Waals surface area contributed by atoms with Crippen LogP contribution in [0.4, 0.5) is 4.79 Å². The zero-order valence-corrected chi connectivity index (χ0v) is 11.8. The maximum absolute atomic E-state index is 12.5. The molecule has 1 heterocycles. The third-order valence-corrected chi connectivity index (χ3v) is 4.45. The summed E-state index contributed by atoms with van der Waals surface area (Å²) in [5.74, 6) is -0.937. The van der Waals surface area contributed by atoms with Crippen molar-refractivity contribution in [2.24, 2.45) is 11.8 Å². The van der Waals surface area contributed by atoms with Crippen LogP contribution in [0.3, 0.4) is 0 Å². The van der Waals surface area contributed by atoms with E-state index in [9.17, 15) is 9.59 Å². The van der Waals surface area contributed by atoms with Crippen LogP contribution in [-0.4, -0.2) is 53.1 Å². The summed E-state index contributed by atoms with van der Waals surface area (Å²) in [6.07, 6.45) is 5.21. The second-order valence-electron chi connectivity index (χ2n) is 6.11. The Balaban J connectivity index is 1.99. The predicted molar refractivity (Wildman–Crippen MR) is 71.9 cm³/mol. The molecule has 0 radical (unpaired) electrons. The lowest BCUT2D eigenvalue weighted by Gasteiger charge is -2.38. The second kappa shape index (κ2) is 5.80. The Morgan fingerprint density at radius 1 is 1.21 bits per heavy atom. The largest absolute Gasteiger partial charge is 0.481 e. The molecular weight excluding hydrogens is 244 g/mol. The van der Waals surface area contributed by atoms with E-state index in [4.69, 9.17) is 5.11 Å². The van der Waals surface area contributed by atoms with E-state index in [-0.39, 0.29) is 11.9 Å². The second-order valence-corrected chi connectivity index (χ2v) is 6.11. The van der Waals surface area contributed by atoms with Crippen LogP contribution >= 0.6 is 0 Å². The number of likely N-dealkylation sites (tertiary alicyclic amines) is 1. The first kappa shape index (κ1) is 14.2. The lowest BCUT2D eigenvalue weighted by atomic mass is 9.91. The van der Waals surface area contributed by atoms with Crippen LogP contribution in [0.2, 0.25) is 0 Å². The van der Waals surface area contributed by atoms with Gasteiger partial charge in [-0.15, -0.1) is 0 Å². The number of nitrogens with zero attached hydrogens (tertiary/aromatic N) is 2. The number of piperidine rings is 1. The molecule has 108 valence electrons. The number of amides is 2. The zero-order valence-electron chi connectivity index (χ0n) is 11.8. The van der Waals surface area contributed by atoms with Crippen LogP contribution in [0.25, 0.3) is 0 Å². The van der Waals surface area contributed by atoms with Crippen molar-refractivity contribution in [3.8, 4) is 0 Å². The van der Waals surface area contributed by atoms with Crippen molar-refractivity contribution >= 4 is 12.0 Å². The van der Waals surface area contributed by atoms with Gasteiger partial charge >= 0.3 is 12.0 Å². The Labute approximate surface area is 114 Å². The van der Waals surface area contributed by atoms with Crippen LogP contribution in [0.5, 0.6) is 0 Å². The highest BCUT2D eigenvalue weighted by Crippen LogP contribution is 2.26. The minimum Gasteiger partial charge on any atom is -0.481 e. The van der Waals surface area contributed by atoms with Crippen LogP contribution in [0.15, 0.2) is 0 Å². The number of carbonyl (C=O) groups is 2. The summed E-state index contributed by atoms with van der Waals surface area (Å²) >= 11 is 0. The lowest BCUT2D eigenvalue weighted by Crippen LogP contribution is -2.51. The summed E-state index contributed by atoms with van der Waals surface area (Å²) in [7, 11) is 1.85. The highest BCUT2D eigenvalue weighted by Gasteiger charge is 2.34. The normalized spacial score (nSPS) is 28.4. The Bertz CT molecular complexity index is 353. The van der Waals surface area contributed by atoms with E-state index in [1.54, 1.807) is 4.90 Å². The third-order valence-electron chi connectivity index (χ3n) is 4.45. The first-order valence-electron chi connectivity index (χ1n) is 7.23. The SMILES string of the molecule is CC1CC(C(=O)O)CN(C(=O)N(C)C2CCCC2)C1. The van der Waals surface area contributed by atoms with Gasteiger partial charge in [0, 0.05) is 26.2 Å². The van der Waals surface area contributed by atoms with Gasteiger partial charge in [0.2, 0.25) is 0 Å². The maximum Gasteiger partial charge on any atom is 0.320 e. The highest BCUT2D eigenvalue weighted by atomic mass is 16.4. The number of urea groups is 1. The lowest BCUT2D eigenvalue weighted by molar-refractivity contribution is -0.143. The molecule has 2 aliphatic rings. The summed E-state index contributed by atoms with van der Waals surface area (Å²) in [4.78, 5) is 27.2. The van der Waals surface area contributed by atoms with Gasteiger partial charge in [0.25, 0.3) is 0 Å². The monoisotopic (exact) mass is 268 g/mol. The van der Waals surface area contributed by atoms with Crippen molar-refractivity contribution in [1.82, 2.24) is 9.80 Å². The van der Waals surface area contributed by atoms with Crippen LogP contribution in [0, 0.1) is 11.8 Å². The maximum atomic E-state index is 12.5. The van der Waals surface area contributed by atoms with Gasteiger partial charge in [-0.3, -0.25) is 4.79 Å². The molecule has 0 bridgehead atoms. The zero-order chi connectivity index (χ0) is 14.0. The number of carboxylic acid groups (broad SMARTS) is 1. The molecule has 1 aliphatic heterocycles. The van der Waals surface area contributed by atoms with Gasteiger partial charge in [-0.1, -0.05) is 19.8 Å². The van der Waals surface area contributed by atoms with Crippen molar-refractivity contribution in [3.63, 3.8) is 0 Å². The van der Waals surface area contributed by atoms with E-state index in [1.165, 1.54) is 12.8 Å². The van der Waals surface area contributed by atoms with Gasteiger partial charge in [-0.05, 0) is 25.2 Å². The van der Waals surface area contributed by atoms with Gasteiger partial charge in [-0.2, -0.15) is 0 Å². The summed E-state index contributed by atoms with van der Waals surface area (Å²) in [5, 5.41) is 9.15. The Kier molecular flexibility index (Phi) is 4.32. The molecule has 1 saturated heterocycles. The van der Waals surface area contributed by atoms with Gasteiger partial charge in [-0.25, -0.2) is 4.79 Å². The molecule has 0 spiro atoms. The third kappa shape index (κ3) is 3.19. The van der Waals surface area contributed by atoms with Crippen molar-refractivity contribution in [2.45, 2.75) is 45.1 Å². The average molecular weight is 268 g/mol.